The van der Waals surface area contributed by atoms with E-state index in [9.17, 15) is 9.59 Å². The van der Waals surface area contributed by atoms with Crippen molar-refractivity contribution in [2.75, 3.05) is 18.4 Å². The van der Waals surface area contributed by atoms with Gasteiger partial charge in [-0.2, -0.15) is 0 Å². The first-order valence-electron chi connectivity index (χ1n) is 10.2. The van der Waals surface area contributed by atoms with Crippen LogP contribution in [0, 0.1) is 0 Å². The van der Waals surface area contributed by atoms with Crippen molar-refractivity contribution in [3.05, 3.63) is 65.7 Å². The Hall–Kier alpha value is -2.82. The van der Waals surface area contributed by atoms with Crippen molar-refractivity contribution in [1.82, 2.24) is 10.2 Å². The van der Waals surface area contributed by atoms with Crippen LogP contribution in [0.3, 0.4) is 0 Å². The Morgan fingerprint density at radius 2 is 1.64 bits per heavy atom. The molecule has 0 bridgehead atoms. The van der Waals surface area contributed by atoms with Crippen LogP contribution >= 0.6 is 0 Å². The maximum absolute atomic E-state index is 12.5. The molecule has 2 aliphatic rings. The Kier molecular flexibility index (Phi) is 5.60. The molecule has 3 amide bonds. The van der Waals surface area contributed by atoms with Crippen LogP contribution in [-0.2, 0) is 11.2 Å². The van der Waals surface area contributed by atoms with Crippen molar-refractivity contribution in [2.45, 2.75) is 44.1 Å². The Balaban J connectivity index is 1.22. The molecule has 2 aromatic rings. The minimum atomic E-state index is -0.0708. The van der Waals surface area contributed by atoms with Crippen LogP contribution in [0.2, 0.25) is 0 Å². The average Bonchev–Trinajstić information content (AvgIpc) is 3.12. The predicted octanol–water partition coefficient (Wildman–Crippen LogP) is 3.92. The van der Waals surface area contributed by atoms with Gasteiger partial charge in [-0.25, -0.2) is 4.79 Å². The zero-order valence-electron chi connectivity index (χ0n) is 16.1. The number of hydrogen-bond acceptors (Lipinski definition) is 2. The normalized spacial score (nSPS) is 19.1. The summed E-state index contributed by atoms with van der Waals surface area (Å²) in [5.74, 6) is 0.474. The smallest absolute Gasteiger partial charge is 0.321 e. The first-order valence-corrected chi connectivity index (χ1v) is 10.2. The number of nitrogens with one attached hydrogen (secondary N) is 2. The molecule has 0 radical (unpaired) electrons. The number of urea groups is 1. The standard InChI is InChI=1S/C23H27N3O2/c27-22(16-18-11-10-17-6-4-5-9-21(17)18)24-20-12-14-26(15-13-20)23(28)25-19-7-2-1-3-8-19/h1-9,18,20H,10-16H2,(H,24,27)(H,25,28)/t18-/m0/s1. The summed E-state index contributed by atoms with van der Waals surface area (Å²) in [5.41, 5.74) is 3.53. The number of benzene rings is 2. The first-order chi connectivity index (χ1) is 13.7. The number of para-hydroxylation sites is 1. The number of piperidine rings is 1. The number of aryl methyl sites for hydroxylation is 1. The van der Waals surface area contributed by atoms with Crippen LogP contribution in [0.15, 0.2) is 54.6 Å². The van der Waals surface area contributed by atoms with E-state index in [1.807, 2.05) is 35.2 Å². The van der Waals surface area contributed by atoms with Gasteiger partial charge in [0.05, 0.1) is 0 Å². The zero-order chi connectivity index (χ0) is 19.3. The number of amides is 3. The fourth-order valence-electron chi connectivity index (χ4n) is 4.32. The minimum Gasteiger partial charge on any atom is -0.353 e. The first kappa shape index (κ1) is 18.5. The van der Waals surface area contributed by atoms with E-state index in [-0.39, 0.29) is 18.0 Å². The van der Waals surface area contributed by atoms with E-state index in [1.165, 1.54) is 11.1 Å². The summed E-state index contributed by atoms with van der Waals surface area (Å²) in [6.07, 6.45) is 4.30. The van der Waals surface area contributed by atoms with Gasteiger partial charge in [-0.15, -0.1) is 0 Å². The van der Waals surface area contributed by atoms with Gasteiger partial charge in [0, 0.05) is 31.2 Å². The minimum absolute atomic E-state index is 0.0708. The molecule has 28 heavy (non-hydrogen) atoms. The van der Waals surface area contributed by atoms with E-state index in [4.69, 9.17) is 0 Å². The van der Waals surface area contributed by atoms with Gasteiger partial charge in [0.1, 0.15) is 0 Å². The number of anilines is 1. The van der Waals surface area contributed by atoms with E-state index in [2.05, 4.69) is 34.9 Å². The second kappa shape index (κ2) is 8.46. The van der Waals surface area contributed by atoms with Crippen LogP contribution in [0.25, 0.3) is 0 Å². The number of rotatable bonds is 4. The lowest BCUT2D eigenvalue weighted by molar-refractivity contribution is -0.122. The van der Waals surface area contributed by atoms with Crippen LogP contribution in [0.4, 0.5) is 10.5 Å². The molecule has 0 spiro atoms. The third kappa shape index (κ3) is 4.35. The molecular weight excluding hydrogens is 350 g/mol. The van der Waals surface area contributed by atoms with Gasteiger partial charge >= 0.3 is 6.03 Å². The lowest BCUT2D eigenvalue weighted by atomic mass is 9.97. The van der Waals surface area contributed by atoms with Crippen molar-refractivity contribution in [3.63, 3.8) is 0 Å². The summed E-state index contributed by atoms with van der Waals surface area (Å²) < 4.78 is 0. The zero-order valence-corrected chi connectivity index (χ0v) is 16.1. The van der Waals surface area contributed by atoms with Gasteiger partial charge in [0.25, 0.3) is 0 Å². The van der Waals surface area contributed by atoms with Gasteiger partial charge < -0.3 is 15.5 Å². The van der Waals surface area contributed by atoms with Crippen LogP contribution in [0.1, 0.15) is 42.7 Å². The molecule has 1 heterocycles. The van der Waals surface area contributed by atoms with E-state index in [0.717, 1.165) is 31.4 Å². The van der Waals surface area contributed by atoms with E-state index < -0.39 is 0 Å². The highest BCUT2D eigenvalue weighted by molar-refractivity contribution is 5.89. The van der Waals surface area contributed by atoms with E-state index >= 15 is 0 Å². The third-order valence-corrected chi connectivity index (χ3v) is 5.86. The summed E-state index contributed by atoms with van der Waals surface area (Å²) in [4.78, 5) is 26.7. The van der Waals surface area contributed by atoms with E-state index in [0.29, 0.717) is 25.4 Å². The molecule has 1 saturated heterocycles. The molecule has 1 aliphatic heterocycles. The van der Waals surface area contributed by atoms with Gasteiger partial charge in [0.15, 0.2) is 0 Å². The highest BCUT2D eigenvalue weighted by Gasteiger charge is 2.27. The molecule has 2 N–H and O–H groups in total. The van der Waals surface area contributed by atoms with Crippen LogP contribution < -0.4 is 10.6 Å². The van der Waals surface area contributed by atoms with Gasteiger partial charge in [-0.3, -0.25) is 4.79 Å². The Labute approximate surface area is 166 Å². The Morgan fingerprint density at radius 3 is 2.43 bits per heavy atom. The molecular formula is C23H27N3O2. The lowest BCUT2D eigenvalue weighted by Gasteiger charge is -2.32. The maximum Gasteiger partial charge on any atom is 0.321 e. The topological polar surface area (TPSA) is 61.4 Å². The largest absolute Gasteiger partial charge is 0.353 e. The average molecular weight is 377 g/mol. The molecule has 5 nitrogen and oxygen atoms in total. The van der Waals surface area contributed by atoms with Crippen LogP contribution in [0.5, 0.6) is 0 Å². The number of hydrogen-bond donors (Lipinski definition) is 2. The summed E-state index contributed by atoms with van der Waals surface area (Å²) in [6, 6.07) is 18.0. The molecule has 1 aliphatic carbocycles. The summed E-state index contributed by atoms with van der Waals surface area (Å²) in [7, 11) is 0. The molecule has 1 fully saturated rings. The molecule has 1 atom stereocenters. The number of carbonyl (C=O) groups excluding carboxylic acids is 2. The van der Waals surface area contributed by atoms with Crippen molar-refractivity contribution in [3.8, 4) is 0 Å². The SMILES string of the molecule is O=C(C[C@@H]1CCc2ccccc21)NC1CCN(C(=O)Nc2ccccc2)CC1. The van der Waals surface area contributed by atoms with Crippen LogP contribution in [-0.4, -0.2) is 36.0 Å². The maximum atomic E-state index is 12.5. The number of carbonyl (C=O) groups is 2. The van der Waals surface area contributed by atoms with Gasteiger partial charge in [0.2, 0.25) is 5.91 Å². The third-order valence-electron chi connectivity index (χ3n) is 5.86. The fourth-order valence-corrected chi connectivity index (χ4v) is 4.32. The molecule has 146 valence electrons. The van der Waals surface area contributed by atoms with Crippen molar-refractivity contribution in [2.24, 2.45) is 0 Å². The van der Waals surface area contributed by atoms with Crippen molar-refractivity contribution < 1.29 is 9.59 Å². The lowest BCUT2D eigenvalue weighted by Crippen LogP contribution is -2.47. The fraction of sp³-hybridized carbons (Fsp3) is 0.391. The number of nitrogens with zero attached hydrogens (tertiary/aromatic N) is 1. The predicted molar refractivity (Wildman–Crippen MR) is 110 cm³/mol. The summed E-state index contributed by atoms with van der Waals surface area (Å²) >= 11 is 0. The molecule has 0 unspecified atom stereocenters. The molecule has 0 saturated carbocycles. The molecule has 0 aromatic heterocycles. The number of likely N-dealkylation sites (tertiary alicyclic amines) is 1. The quantitative estimate of drug-likeness (QED) is 0.848. The Bertz CT molecular complexity index is 829. The molecule has 4 rings (SSSR count). The second-order valence-corrected chi connectivity index (χ2v) is 7.76. The van der Waals surface area contributed by atoms with E-state index in [1.54, 1.807) is 0 Å². The second-order valence-electron chi connectivity index (χ2n) is 7.76. The monoisotopic (exact) mass is 377 g/mol. The summed E-state index contributed by atoms with van der Waals surface area (Å²) in [6.45, 7) is 1.33. The van der Waals surface area contributed by atoms with Gasteiger partial charge in [-0.05, 0) is 54.9 Å². The highest BCUT2D eigenvalue weighted by atomic mass is 16.2. The van der Waals surface area contributed by atoms with Crippen molar-refractivity contribution >= 4 is 17.6 Å². The molecule has 5 heteroatoms. The van der Waals surface area contributed by atoms with Gasteiger partial charge in [-0.1, -0.05) is 42.5 Å². The summed E-state index contributed by atoms with van der Waals surface area (Å²) in [5, 5.41) is 6.11. The Morgan fingerprint density at radius 1 is 0.929 bits per heavy atom. The number of fused-ring (bicyclic) bond motifs is 1. The molecule has 2 aromatic carbocycles. The highest BCUT2D eigenvalue weighted by Crippen LogP contribution is 2.35. The van der Waals surface area contributed by atoms with Crippen molar-refractivity contribution in [1.29, 1.82) is 0 Å².